The zero-order valence-corrected chi connectivity index (χ0v) is 21.1. The summed E-state index contributed by atoms with van der Waals surface area (Å²) in [4.78, 5) is 31.4. The van der Waals surface area contributed by atoms with E-state index in [0.717, 1.165) is 19.1 Å². The highest BCUT2D eigenvalue weighted by Gasteiger charge is 2.51. The number of amides is 1. The second kappa shape index (κ2) is 7.51. The van der Waals surface area contributed by atoms with Crippen LogP contribution in [0.4, 0.5) is 20.8 Å². The Morgan fingerprint density at radius 1 is 1.12 bits per heavy atom. The van der Waals surface area contributed by atoms with Crippen LogP contribution in [0.3, 0.4) is 0 Å². The summed E-state index contributed by atoms with van der Waals surface area (Å²) in [6, 6.07) is -0.602. The number of ether oxygens (including phenoxy) is 1. The van der Waals surface area contributed by atoms with Crippen molar-refractivity contribution < 1.29 is 22.3 Å². The Morgan fingerprint density at radius 3 is 2.47 bits per heavy atom. The van der Waals surface area contributed by atoms with Gasteiger partial charge in [-0.1, -0.05) is 11.6 Å². The van der Waals surface area contributed by atoms with Crippen molar-refractivity contribution in [3.05, 3.63) is 11.0 Å². The van der Waals surface area contributed by atoms with E-state index in [2.05, 4.69) is 15.0 Å². The molecule has 0 unspecified atom stereocenters. The normalized spacial score (nSPS) is 24.3. The molecule has 0 saturated carbocycles. The molecule has 3 atom stereocenters. The van der Waals surface area contributed by atoms with Crippen molar-refractivity contribution in [3.63, 3.8) is 0 Å². The molecule has 0 aromatic carbocycles. The molecule has 3 aliphatic heterocycles. The Kier molecular flexibility index (Phi) is 5.14. The van der Waals surface area contributed by atoms with Crippen molar-refractivity contribution in [2.75, 3.05) is 36.2 Å². The van der Waals surface area contributed by atoms with Crippen LogP contribution < -0.4 is 9.80 Å². The largest absolute Gasteiger partial charge is 0.444 e. The summed E-state index contributed by atoms with van der Waals surface area (Å²) in [5.74, 6) is -0.236. The topological polar surface area (TPSA) is 109 Å². The van der Waals surface area contributed by atoms with Gasteiger partial charge in [-0.25, -0.2) is 32.6 Å². The van der Waals surface area contributed by atoms with Crippen molar-refractivity contribution in [2.45, 2.75) is 62.5 Å². The first-order chi connectivity index (χ1) is 15.8. The van der Waals surface area contributed by atoms with Crippen LogP contribution in [0.2, 0.25) is 5.15 Å². The van der Waals surface area contributed by atoms with E-state index in [4.69, 9.17) is 16.3 Å². The van der Waals surface area contributed by atoms with Crippen LogP contribution in [0.15, 0.2) is 5.16 Å². The van der Waals surface area contributed by atoms with Gasteiger partial charge in [0.2, 0.25) is 15.0 Å². The summed E-state index contributed by atoms with van der Waals surface area (Å²) in [6.45, 7) is 6.31. The van der Waals surface area contributed by atoms with Crippen molar-refractivity contribution >= 4 is 50.1 Å². The van der Waals surface area contributed by atoms with Crippen LogP contribution in [0.1, 0.15) is 33.6 Å². The van der Waals surface area contributed by atoms with E-state index in [1.165, 1.54) is 0 Å². The minimum atomic E-state index is -3.84. The maximum atomic E-state index is 15.1. The zero-order chi connectivity index (χ0) is 24.7. The summed E-state index contributed by atoms with van der Waals surface area (Å²) in [5.41, 5.74) is -0.819. The summed E-state index contributed by atoms with van der Waals surface area (Å²) in [6.07, 6.45) is 2.13. The lowest BCUT2D eigenvalue weighted by molar-refractivity contribution is 0.00793. The Morgan fingerprint density at radius 2 is 1.82 bits per heavy atom. The molecule has 1 amide bonds. The van der Waals surface area contributed by atoms with Gasteiger partial charge in [0.05, 0.1) is 23.5 Å². The molecule has 3 aliphatic rings. The standard InChI is InChI=1S/C21H26ClFN6O4S/c1-21(2,3)33-20(30)29-10-6-7-11(29)12-9-27(4)17-13-15(14(23)16(22)25-17)24-19(34(5,31)32)26-18(13)28(12)8-10/h10-12H,6-9H2,1-5H3/t10-,11+,12-/m1/s1. The van der Waals surface area contributed by atoms with E-state index in [-0.39, 0.29) is 29.7 Å². The first-order valence-electron chi connectivity index (χ1n) is 11.0. The van der Waals surface area contributed by atoms with Crippen molar-refractivity contribution in [2.24, 2.45) is 0 Å². The van der Waals surface area contributed by atoms with Gasteiger partial charge in [0.1, 0.15) is 22.8 Å². The Hall–Kier alpha value is -2.47. The molecule has 10 nitrogen and oxygen atoms in total. The number of halogens is 2. The highest BCUT2D eigenvalue weighted by Crippen LogP contribution is 2.44. The quantitative estimate of drug-likeness (QED) is 0.420. The van der Waals surface area contributed by atoms with Crippen LogP contribution >= 0.6 is 11.6 Å². The molecule has 2 fully saturated rings. The number of likely N-dealkylation sites (N-methyl/N-ethyl adjacent to an activating group) is 1. The van der Waals surface area contributed by atoms with Crippen molar-refractivity contribution in [1.29, 1.82) is 0 Å². The number of carbonyl (C=O) groups is 1. The number of aromatic nitrogens is 3. The van der Waals surface area contributed by atoms with Crippen molar-refractivity contribution in [3.8, 4) is 0 Å². The van der Waals surface area contributed by atoms with E-state index in [1.54, 1.807) is 11.9 Å². The lowest BCUT2D eigenvalue weighted by atomic mass is 10.0. The molecule has 0 spiro atoms. The highest BCUT2D eigenvalue weighted by molar-refractivity contribution is 7.90. The van der Waals surface area contributed by atoms with Crippen LogP contribution in [-0.4, -0.2) is 84.5 Å². The lowest BCUT2D eigenvalue weighted by Crippen LogP contribution is -2.64. The van der Waals surface area contributed by atoms with Gasteiger partial charge in [-0.15, -0.1) is 0 Å². The zero-order valence-electron chi connectivity index (χ0n) is 19.5. The molecule has 13 heteroatoms. The molecule has 5 heterocycles. The van der Waals surface area contributed by atoms with E-state index >= 15 is 4.39 Å². The molecule has 2 aromatic heterocycles. The second-order valence-electron chi connectivity index (χ2n) is 10.2. The van der Waals surface area contributed by atoms with Gasteiger partial charge in [-0.3, -0.25) is 4.90 Å². The maximum Gasteiger partial charge on any atom is 0.410 e. The minimum Gasteiger partial charge on any atom is -0.444 e. The fraction of sp³-hybridized carbons (Fsp3) is 0.619. The van der Waals surface area contributed by atoms with E-state index in [9.17, 15) is 13.2 Å². The van der Waals surface area contributed by atoms with Crippen molar-refractivity contribution in [1.82, 2.24) is 19.9 Å². The van der Waals surface area contributed by atoms with Crippen LogP contribution in [0.25, 0.3) is 10.9 Å². The van der Waals surface area contributed by atoms with Gasteiger partial charge in [0.25, 0.3) is 0 Å². The summed E-state index contributed by atoms with van der Waals surface area (Å²) < 4.78 is 45.5. The number of sulfone groups is 1. The van der Waals surface area contributed by atoms with Gasteiger partial charge in [0, 0.05) is 26.4 Å². The monoisotopic (exact) mass is 512 g/mol. The third-order valence-electron chi connectivity index (χ3n) is 6.51. The molecule has 0 aliphatic carbocycles. The number of pyridine rings is 1. The number of carbonyl (C=O) groups excluding carboxylic acids is 1. The van der Waals surface area contributed by atoms with Gasteiger partial charge >= 0.3 is 6.09 Å². The number of rotatable bonds is 1. The molecule has 2 aromatic rings. The average Bonchev–Trinajstić information content (AvgIpc) is 2.99. The van der Waals surface area contributed by atoms with Crippen LogP contribution in [0, 0.1) is 5.82 Å². The van der Waals surface area contributed by atoms with Gasteiger partial charge < -0.3 is 14.5 Å². The van der Waals surface area contributed by atoms with Crippen LogP contribution in [0.5, 0.6) is 0 Å². The smallest absolute Gasteiger partial charge is 0.410 e. The first kappa shape index (κ1) is 23.3. The number of fused-ring (bicyclic) bond motifs is 5. The Bertz CT molecular complexity index is 1320. The van der Waals surface area contributed by atoms with Gasteiger partial charge in [-0.2, -0.15) is 0 Å². The number of nitrogens with zero attached hydrogens (tertiary/aromatic N) is 6. The van der Waals surface area contributed by atoms with Gasteiger partial charge in [0.15, 0.2) is 11.0 Å². The Labute approximate surface area is 202 Å². The second-order valence-corrected chi connectivity index (χ2v) is 12.4. The first-order valence-corrected chi connectivity index (χ1v) is 13.3. The molecule has 2 saturated heterocycles. The summed E-state index contributed by atoms with van der Waals surface area (Å²) in [7, 11) is -2.04. The van der Waals surface area contributed by atoms with E-state index < -0.39 is 31.6 Å². The fourth-order valence-corrected chi connectivity index (χ4v) is 5.89. The molecule has 34 heavy (non-hydrogen) atoms. The minimum absolute atomic E-state index is 0.153. The molecular weight excluding hydrogens is 487 g/mol. The van der Waals surface area contributed by atoms with Gasteiger partial charge in [-0.05, 0) is 33.6 Å². The number of hydrogen-bond donors (Lipinski definition) is 0. The predicted molar refractivity (Wildman–Crippen MR) is 125 cm³/mol. The molecular formula is C21H26ClFN6O4S. The number of anilines is 2. The lowest BCUT2D eigenvalue weighted by Gasteiger charge is -2.47. The third-order valence-corrected chi connectivity index (χ3v) is 7.61. The Balaban J connectivity index is 1.69. The molecule has 5 rings (SSSR count). The predicted octanol–water partition coefficient (Wildman–Crippen LogP) is 2.63. The third kappa shape index (κ3) is 3.62. The van der Waals surface area contributed by atoms with E-state index in [0.29, 0.717) is 30.1 Å². The molecule has 2 bridgehead atoms. The molecule has 0 radical (unpaired) electrons. The average molecular weight is 513 g/mol. The highest BCUT2D eigenvalue weighted by atomic mass is 35.5. The number of hydrogen-bond acceptors (Lipinski definition) is 9. The molecule has 0 N–H and O–H groups in total. The fourth-order valence-electron chi connectivity index (χ4n) is 5.21. The van der Waals surface area contributed by atoms with Crippen LogP contribution in [-0.2, 0) is 14.6 Å². The SMILES string of the molecule is CN1C[C@@H]2[C@@H]3CC[C@H](CN2c2nc(S(C)(=O)=O)nc4c(F)c(Cl)nc1c24)N3C(=O)OC(C)(C)C. The summed E-state index contributed by atoms with van der Waals surface area (Å²) in [5, 5.41) is -0.563. The molecule has 184 valence electrons. The van der Waals surface area contributed by atoms with E-state index in [1.807, 2.05) is 30.6 Å². The maximum absolute atomic E-state index is 15.1. The number of piperazine rings is 1. The summed E-state index contributed by atoms with van der Waals surface area (Å²) >= 11 is 6.07.